The van der Waals surface area contributed by atoms with Gasteiger partial charge in [0.1, 0.15) is 0 Å². The molecule has 0 aliphatic heterocycles. The Kier molecular flexibility index (Phi) is 7.00. The van der Waals surface area contributed by atoms with Crippen LogP contribution in [0.3, 0.4) is 0 Å². The summed E-state index contributed by atoms with van der Waals surface area (Å²) in [6.07, 6.45) is 2.08. The average molecular weight is 322 g/mol. The highest BCUT2D eigenvalue weighted by atomic mass is 127. The second kappa shape index (κ2) is 7.11. The Balaban J connectivity index is 0.00000169. The van der Waals surface area contributed by atoms with Gasteiger partial charge in [0.05, 0.1) is 12.6 Å². The summed E-state index contributed by atoms with van der Waals surface area (Å²) in [6, 6.07) is 10.4. The van der Waals surface area contributed by atoms with E-state index in [-0.39, 0.29) is 24.0 Å². The van der Waals surface area contributed by atoms with Crippen LogP contribution in [0, 0.1) is 0 Å². The largest absolute Gasteiger partial charge is 1.00 e. The molecule has 0 saturated carbocycles. The van der Waals surface area contributed by atoms with E-state index < -0.39 is 0 Å². The Morgan fingerprint density at radius 2 is 1.86 bits per heavy atom. The average Bonchev–Trinajstić information content (AvgIpc) is 2.20. The molecular formula is C10H15IN2S. The van der Waals surface area contributed by atoms with Crippen LogP contribution in [0.25, 0.3) is 0 Å². The minimum absolute atomic E-state index is 0. The van der Waals surface area contributed by atoms with Crippen molar-refractivity contribution in [3.63, 3.8) is 0 Å². The van der Waals surface area contributed by atoms with E-state index >= 15 is 0 Å². The summed E-state index contributed by atoms with van der Waals surface area (Å²) in [5.41, 5.74) is 4.33. The first-order valence-electron chi connectivity index (χ1n) is 4.17. The number of rotatable bonds is 2. The van der Waals surface area contributed by atoms with E-state index in [1.807, 2.05) is 24.8 Å². The summed E-state index contributed by atoms with van der Waals surface area (Å²) in [5, 5.41) is 1.23. The molecule has 0 atom stereocenters. The zero-order chi connectivity index (χ0) is 9.68. The van der Waals surface area contributed by atoms with Crippen LogP contribution in [0.4, 0.5) is 0 Å². The lowest BCUT2D eigenvalue weighted by Gasteiger charge is -2.01. The molecule has 1 N–H and O–H groups in total. The van der Waals surface area contributed by atoms with E-state index in [1.54, 1.807) is 11.8 Å². The number of hydrazone groups is 1. The van der Waals surface area contributed by atoms with Gasteiger partial charge in [-0.2, -0.15) is 0 Å². The highest BCUT2D eigenvalue weighted by Gasteiger charge is 2.10. The fourth-order valence-corrected chi connectivity index (χ4v) is 1.87. The van der Waals surface area contributed by atoms with E-state index in [9.17, 15) is 0 Å². The summed E-state index contributed by atoms with van der Waals surface area (Å²) < 4.78 is 2.01. The lowest BCUT2D eigenvalue weighted by Crippen LogP contribution is -3.00. The molecule has 2 nitrogen and oxygen atoms in total. The van der Waals surface area contributed by atoms with Crippen LogP contribution in [0.1, 0.15) is 5.56 Å². The van der Waals surface area contributed by atoms with Gasteiger partial charge in [-0.05, 0) is 18.4 Å². The molecule has 1 aromatic carbocycles. The van der Waals surface area contributed by atoms with Gasteiger partial charge in [-0.25, -0.2) is 5.43 Å². The maximum atomic E-state index is 3.09. The Bertz CT molecular complexity index is 298. The van der Waals surface area contributed by atoms with E-state index in [0.29, 0.717) is 0 Å². The van der Waals surface area contributed by atoms with Crippen LogP contribution in [0.15, 0.2) is 30.3 Å². The first-order valence-corrected chi connectivity index (χ1v) is 5.39. The molecule has 0 bridgehead atoms. The van der Waals surface area contributed by atoms with Crippen LogP contribution in [0.5, 0.6) is 0 Å². The van der Waals surface area contributed by atoms with Crippen molar-refractivity contribution in [1.82, 2.24) is 5.43 Å². The van der Waals surface area contributed by atoms with Crippen molar-refractivity contribution in [3.8, 4) is 0 Å². The third-order valence-corrected chi connectivity index (χ3v) is 2.75. The Morgan fingerprint density at radius 1 is 1.29 bits per heavy atom. The molecule has 0 heterocycles. The molecule has 0 aromatic heterocycles. The Hall–Kier alpha value is -0.230. The summed E-state index contributed by atoms with van der Waals surface area (Å²) in [6.45, 7) is 0. The minimum Gasteiger partial charge on any atom is -1.00 e. The normalized spacial score (nSPS) is 11.4. The fourth-order valence-electron chi connectivity index (χ4n) is 1.13. The molecule has 4 heteroatoms. The maximum absolute atomic E-state index is 3.09. The van der Waals surface area contributed by atoms with Gasteiger partial charge in [-0.15, -0.1) is 4.68 Å². The summed E-state index contributed by atoms with van der Waals surface area (Å²) in [7, 11) is 3.93. The van der Waals surface area contributed by atoms with Gasteiger partial charge < -0.3 is 24.0 Å². The highest BCUT2D eigenvalue weighted by Crippen LogP contribution is 2.08. The van der Waals surface area contributed by atoms with Crippen molar-refractivity contribution in [1.29, 1.82) is 0 Å². The quantitative estimate of drug-likeness (QED) is 0.236. The van der Waals surface area contributed by atoms with Crippen LogP contribution >= 0.6 is 11.8 Å². The predicted molar refractivity (Wildman–Crippen MR) is 59.3 cm³/mol. The zero-order valence-corrected chi connectivity index (χ0v) is 11.6. The molecule has 0 saturated heterocycles. The van der Waals surface area contributed by atoms with E-state index in [0.717, 1.165) is 0 Å². The smallest absolute Gasteiger partial charge is 0.269 e. The van der Waals surface area contributed by atoms with Gasteiger partial charge >= 0.3 is 0 Å². The van der Waals surface area contributed by atoms with Crippen molar-refractivity contribution >= 4 is 16.8 Å². The maximum Gasteiger partial charge on any atom is 0.269 e. The highest BCUT2D eigenvalue weighted by molar-refractivity contribution is 8.13. The molecule has 0 aliphatic carbocycles. The summed E-state index contributed by atoms with van der Waals surface area (Å²) in [4.78, 5) is 0. The van der Waals surface area contributed by atoms with Crippen molar-refractivity contribution in [2.45, 2.75) is 0 Å². The first-order chi connectivity index (χ1) is 6.29. The molecule has 1 rings (SSSR count). The topological polar surface area (TPSA) is 15.0 Å². The standard InChI is InChI=1S/C10H15N2S.HI/c1-11-12(2)10(13-3)9-7-5-4-6-8-9;/h4-8,11H,1-3H3;1H/q+1;/p-1/b12-10-;. The van der Waals surface area contributed by atoms with Gasteiger partial charge in [-0.3, -0.25) is 0 Å². The van der Waals surface area contributed by atoms with Gasteiger partial charge in [-0.1, -0.05) is 30.0 Å². The van der Waals surface area contributed by atoms with Crippen LogP contribution in [-0.4, -0.2) is 30.1 Å². The minimum atomic E-state index is 0. The molecule has 0 aliphatic rings. The Morgan fingerprint density at radius 3 is 2.29 bits per heavy atom. The number of thioether (sulfide) groups is 1. The zero-order valence-electron chi connectivity index (χ0n) is 8.62. The molecule has 14 heavy (non-hydrogen) atoms. The van der Waals surface area contributed by atoms with Gasteiger partial charge in [0.25, 0.3) is 5.04 Å². The van der Waals surface area contributed by atoms with Crippen molar-refractivity contribution < 1.29 is 28.7 Å². The molecule has 0 spiro atoms. The Labute approximate surface area is 107 Å². The first kappa shape index (κ1) is 13.8. The number of nitrogens with one attached hydrogen (secondary N) is 1. The fraction of sp³-hybridized carbons (Fsp3) is 0.300. The number of halogens is 1. The van der Waals surface area contributed by atoms with Crippen molar-refractivity contribution in [3.05, 3.63) is 35.9 Å². The van der Waals surface area contributed by atoms with Crippen LogP contribution in [0.2, 0.25) is 0 Å². The summed E-state index contributed by atoms with van der Waals surface area (Å²) in [5.74, 6) is 0. The third kappa shape index (κ3) is 3.49. The third-order valence-electron chi connectivity index (χ3n) is 1.85. The van der Waals surface area contributed by atoms with E-state index in [2.05, 4.69) is 35.9 Å². The lowest BCUT2D eigenvalue weighted by molar-refractivity contribution is -0.551. The van der Waals surface area contributed by atoms with Crippen molar-refractivity contribution in [2.24, 2.45) is 0 Å². The summed E-state index contributed by atoms with van der Waals surface area (Å²) >= 11 is 1.74. The SMILES string of the molecule is CN/[N+](C)=C(\SC)c1ccccc1.[I-]. The molecular weight excluding hydrogens is 307 g/mol. The van der Waals surface area contributed by atoms with Crippen molar-refractivity contribution in [2.75, 3.05) is 20.4 Å². The molecule has 0 amide bonds. The molecule has 0 radical (unpaired) electrons. The monoisotopic (exact) mass is 322 g/mol. The number of hydrogen-bond donors (Lipinski definition) is 1. The van der Waals surface area contributed by atoms with E-state index in [1.165, 1.54) is 10.6 Å². The number of hydrogen-bond acceptors (Lipinski definition) is 2. The second-order valence-electron chi connectivity index (χ2n) is 2.66. The number of nitrogens with zero attached hydrogens (tertiary/aromatic N) is 1. The predicted octanol–water partition coefficient (Wildman–Crippen LogP) is -1.42. The van der Waals surface area contributed by atoms with Crippen LogP contribution < -0.4 is 29.4 Å². The van der Waals surface area contributed by atoms with Gasteiger partial charge in [0, 0.05) is 0 Å². The molecule has 0 fully saturated rings. The van der Waals surface area contributed by atoms with Crippen LogP contribution in [-0.2, 0) is 0 Å². The number of hydrazine groups is 1. The lowest BCUT2D eigenvalue weighted by atomic mass is 10.2. The second-order valence-corrected chi connectivity index (χ2v) is 3.45. The molecule has 1 aromatic rings. The van der Waals surface area contributed by atoms with E-state index in [4.69, 9.17) is 0 Å². The number of benzene rings is 1. The molecule has 0 unspecified atom stereocenters. The van der Waals surface area contributed by atoms with Gasteiger partial charge in [0.2, 0.25) is 0 Å². The van der Waals surface area contributed by atoms with Gasteiger partial charge in [0.15, 0.2) is 7.05 Å². The molecule has 78 valence electrons.